The summed E-state index contributed by atoms with van der Waals surface area (Å²) < 4.78 is 2.14. The number of alkyl halides is 1. The summed E-state index contributed by atoms with van der Waals surface area (Å²) in [6.45, 7) is 6.65. The van der Waals surface area contributed by atoms with Crippen molar-refractivity contribution in [3.8, 4) is 5.69 Å². The fourth-order valence-corrected chi connectivity index (χ4v) is 2.82. The van der Waals surface area contributed by atoms with E-state index in [9.17, 15) is 0 Å². The van der Waals surface area contributed by atoms with E-state index in [1.54, 1.807) is 12.4 Å². The van der Waals surface area contributed by atoms with Crippen molar-refractivity contribution >= 4 is 22.6 Å². The van der Waals surface area contributed by atoms with Gasteiger partial charge >= 0.3 is 0 Å². The molecule has 0 atom stereocenters. The second kappa shape index (κ2) is 5.15. The van der Waals surface area contributed by atoms with Gasteiger partial charge in [0, 0.05) is 6.20 Å². The molecule has 0 spiro atoms. The van der Waals surface area contributed by atoms with Crippen LogP contribution in [0.2, 0.25) is 0 Å². The molecule has 3 nitrogen and oxygen atoms in total. The van der Waals surface area contributed by atoms with E-state index in [0.29, 0.717) is 5.88 Å². The van der Waals surface area contributed by atoms with Crippen LogP contribution >= 0.6 is 11.6 Å². The monoisotopic (exact) mass is 299 g/mol. The summed E-state index contributed by atoms with van der Waals surface area (Å²) in [5, 5.41) is 0. The predicted molar refractivity (Wildman–Crippen MR) is 87.1 cm³/mol. The maximum absolute atomic E-state index is 6.12. The minimum absolute atomic E-state index is 0.0454. The Labute approximate surface area is 129 Å². The third-order valence-electron chi connectivity index (χ3n) is 3.60. The van der Waals surface area contributed by atoms with Gasteiger partial charge in [-0.25, -0.2) is 4.98 Å². The van der Waals surface area contributed by atoms with Gasteiger partial charge in [0.2, 0.25) is 0 Å². The zero-order chi connectivity index (χ0) is 15.0. The molecule has 0 unspecified atom stereocenters. The molecule has 3 aromatic rings. The average molecular weight is 300 g/mol. The second-order valence-electron chi connectivity index (χ2n) is 6.13. The normalized spacial score (nSPS) is 12.0. The molecule has 3 rings (SSSR count). The van der Waals surface area contributed by atoms with Gasteiger partial charge in [-0.3, -0.25) is 9.55 Å². The summed E-state index contributed by atoms with van der Waals surface area (Å²) in [6.07, 6.45) is 3.57. The van der Waals surface area contributed by atoms with Gasteiger partial charge in [-0.05, 0) is 23.1 Å². The topological polar surface area (TPSA) is 30.7 Å². The predicted octanol–water partition coefficient (Wildman–Crippen LogP) is 4.46. The van der Waals surface area contributed by atoms with E-state index in [0.717, 1.165) is 22.5 Å². The first-order valence-corrected chi connectivity index (χ1v) is 7.53. The first kappa shape index (κ1) is 14.1. The Bertz CT molecular complexity index is 784. The molecule has 0 amide bonds. The summed E-state index contributed by atoms with van der Waals surface area (Å²) in [5.41, 5.74) is 4.36. The van der Waals surface area contributed by atoms with Gasteiger partial charge in [-0.1, -0.05) is 39.0 Å². The van der Waals surface area contributed by atoms with Crippen LogP contribution in [-0.2, 0) is 11.3 Å². The zero-order valence-corrected chi connectivity index (χ0v) is 13.2. The van der Waals surface area contributed by atoms with E-state index in [4.69, 9.17) is 11.6 Å². The van der Waals surface area contributed by atoms with Gasteiger partial charge in [0.05, 0.1) is 23.3 Å². The molecule has 0 N–H and O–H groups in total. The molecule has 0 aliphatic heterocycles. The quantitative estimate of drug-likeness (QED) is 0.654. The summed E-state index contributed by atoms with van der Waals surface area (Å²) in [5.74, 6) is 1.21. The molecular formula is C17H18ClN3. The van der Waals surface area contributed by atoms with E-state index in [1.807, 2.05) is 6.07 Å². The van der Waals surface area contributed by atoms with Crippen LogP contribution in [0.1, 0.15) is 32.2 Å². The number of aromatic nitrogens is 3. The molecule has 0 bridgehead atoms. The largest absolute Gasteiger partial charge is 0.295 e. The van der Waals surface area contributed by atoms with Crippen molar-refractivity contribution in [2.24, 2.45) is 0 Å². The smallest absolute Gasteiger partial charge is 0.129 e. The van der Waals surface area contributed by atoms with Crippen molar-refractivity contribution < 1.29 is 0 Å². The third kappa shape index (κ3) is 2.42. The lowest BCUT2D eigenvalue weighted by Crippen LogP contribution is -2.15. The van der Waals surface area contributed by atoms with Crippen LogP contribution in [0.3, 0.4) is 0 Å². The van der Waals surface area contributed by atoms with Gasteiger partial charge < -0.3 is 0 Å². The van der Waals surface area contributed by atoms with Crippen LogP contribution in [0.4, 0.5) is 0 Å². The highest BCUT2D eigenvalue weighted by molar-refractivity contribution is 6.17. The van der Waals surface area contributed by atoms with Gasteiger partial charge in [0.1, 0.15) is 11.3 Å². The Balaban J connectivity index is 2.36. The van der Waals surface area contributed by atoms with Crippen molar-refractivity contribution in [3.05, 3.63) is 54.1 Å². The van der Waals surface area contributed by atoms with Crippen molar-refractivity contribution in [3.63, 3.8) is 0 Å². The molecule has 0 fully saturated rings. The molecule has 0 aliphatic rings. The van der Waals surface area contributed by atoms with Crippen LogP contribution in [-0.4, -0.2) is 14.5 Å². The fourth-order valence-electron chi connectivity index (χ4n) is 2.64. The number of pyridine rings is 1. The number of hydrogen-bond acceptors (Lipinski definition) is 2. The number of nitrogens with zero attached hydrogens (tertiary/aromatic N) is 3. The number of halogens is 1. The zero-order valence-electron chi connectivity index (χ0n) is 12.5. The fraction of sp³-hybridized carbons (Fsp3) is 0.294. The highest BCUT2D eigenvalue weighted by Gasteiger charge is 2.21. The minimum atomic E-state index is 0.0454. The van der Waals surface area contributed by atoms with Crippen LogP contribution in [0, 0.1) is 0 Å². The molecule has 108 valence electrons. The molecule has 21 heavy (non-hydrogen) atoms. The second-order valence-corrected chi connectivity index (χ2v) is 6.40. The first-order chi connectivity index (χ1) is 10.0. The van der Waals surface area contributed by atoms with Crippen molar-refractivity contribution in [1.82, 2.24) is 14.5 Å². The van der Waals surface area contributed by atoms with Gasteiger partial charge in [0.15, 0.2) is 0 Å². The standard InChI is InChI=1S/C17H18ClN3/c1-17(2,3)12-6-4-5-7-14(12)21-15-8-9-19-11-13(15)20-16(21)10-18/h4-9,11H,10H2,1-3H3. The van der Waals surface area contributed by atoms with Crippen molar-refractivity contribution in [2.75, 3.05) is 0 Å². The number of hydrogen-bond donors (Lipinski definition) is 0. The van der Waals surface area contributed by atoms with E-state index in [1.165, 1.54) is 5.56 Å². The molecule has 2 aromatic heterocycles. The lowest BCUT2D eigenvalue weighted by Gasteiger charge is -2.24. The van der Waals surface area contributed by atoms with Crippen LogP contribution < -0.4 is 0 Å². The Kier molecular flexibility index (Phi) is 3.46. The Hall–Kier alpha value is -1.87. The third-order valence-corrected chi connectivity index (χ3v) is 3.84. The molecule has 4 heteroatoms. The maximum Gasteiger partial charge on any atom is 0.129 e. The number of fused-ring (bicyclic) bond motifs is 1. The lowest BCUT2D eigenvalue weighted by molar-refractivity contribution is 0.586. The van der Waals surface area contributed by atoms with E-state index in [-0.39, 0.29) is 5.41 Å². The molecular weight excluding hydrogens is 282 g/mol. The van der Waals surface area contributed by atoms with E-state index in [2.05, 4.69) is 59.6 Å². The number of rotatable bonds is 2. The molecule has 0 radical (unpaired) electrons. The Morgan fingerprint density at radius 2 is 1.90 bits per heavy atom. The minimum Gasteiger partial charge on any atom is -0.295 e. The average Bonchev–Trinajstić information content (AvgIpc) is 2.84. The van der Waals surface area contributed by atoms with Gasteiger partial charge in [-0.2, -0.15) is 0 Å². The molecule has 1 aromatic carbocycles. The summed E-state index contributed by atoms with van der Waals surface area (Å²) in [7, 11) is 0. The molecule has 2 heterocycles. The Morgan fingerprint density at radius 1 is 1.14 bits per heavy atom. The van der Waals surface area contributed by atoms with Gasteiger partial charge in [0.25, 0.3) is 0 Å². The van der Waals surface area contributed by atoms with Gasteiger partial charge in [-0.15, -0.1) is 11.6 Å². The SMILES string of the molecule is CC(C)(C)c1ccccc1-n1c(CCl)nc2cnccc21. The molecule has 0 aliphatic carbocycles. The highest BCUT2D eigenvalue weighted by atomic mass is 35.5. The number of benzene rings is 1. The molecule has 0 saturated carbocycles. The lowest BCUT2D eigenvalue weighted by atomic mass is 9.85. The maximum atomic E-state index is 6.12. The van der Waals surface area contributed by atoms with E-state index < -0.39 is 0 Å². The molecule has 0 saturated heterocycles. The van der Waals surface area contributed by atoms with E-state index >= 15 is 0 Å². The summed E-state index contributed by atoms with van der Waals surface area (Å²) in [6, 6.07) is 10.4. The number of para-hydroxylation sites is 1. The van der Waals surface area contributed by atoms with Crippen molar-refractivity contribution in [2.45, 2.75) is 32.1 Å². The van der Waals surface area contributed by atoms with Crippen molar-refractivity contribution in [1.29, 1.82) is 0 Å². The van der Waals surface area contributed by atoms with Crippen LogP contribution in [0.25, 0.3) is 16.7 Å². The first-order valence-electron chi connectivity index (χ1n) is 6.99. The van der Waals surface area contributed by atoms with Crippen LogP contribution in [0.5, 0.6) is 0 Å². The van der Waals surface area contributed by atoms with Crippen LogP contribution in [0.15, 0.2) is 42.7 Å². The highest BCUT2D eigenvalue weighted by Crippen LogP contribution is 2.31. The number of imidazole rings is 1. The Morgan fingerprint density at radius 3 is 2.62 bits per heavy atom. The summed E-state index contributed by atoms with van der Waals surface area (Å²) >= 11 is 6.12. The summed E-state index contributed by atoms with van der Waals surface area (Å²) in [4.78, 5) is 8.75.